The Bertz CT molecular complexity index is 568. The van der Waals surface area contributed by atoms with Crippen LogP contribution in [0.5, 0.6) is 0 Å². The molecule has 2 N–H and O–H groups in total. The van der Waals surface area contributed by atoms with Crippen molar-refractivity contribution in [2.75, 3.05) is 5.32 Å². The summed E-state index contributed by atoms with van der Waals surface area (Å²) in [6.45, 7) is 1.90. The molecule has 106 valence electrons. The van der Waals surface area contributed by atoms with Crippen LogP contribution >= 0.6 is 27.5 Å². The molecule has 0 spiro atoms. The predicted molar refractivity (Wildman–Crippen MR) is 84.0 cm³/mol. The Kier molecular flexibility index (Phi) is 5.34. The van der Waals surface area contributed by atoms with E-state index in [4.69, 9.17) is 11.6 Å². The minimum Gasteiger partial charge on any atom is -0.391 e. The molecule has 0 aliphatic heterocycles. The standard InChI is InChI=1S/C14H15BrClN3O/c1-9(12(20)7-10-5-3-2-4-6-10)18-13-11(15)8-17-14(16)19-13/h2-6,8-9,12,20H,7H2,1H3,(H,17,18,19). The van der Waals surface area contributed by atoms with E-state index < -0.39 is 6.10 Å². The van der Waals surface area contributed by atoms with E-state index in [0.717, 1.165) is 5.56 Å². The maximum absolute atomic E-state index is 10.2. The van der Waals surface area contributed by atoms with Gasteiger partial charge < -0.3 is 10.4 Å². The van der Waals surface area contributed by atoms with Gasteiger partial charge in [0.15, 0.2) is 0 Å². The van der Waals surface area contributed by atoms with Crippen molar-refractivity contribution in [3.63, 3.8) is 0 Å². The van der Waals surface area contributed by atoms with Crippen molar-refractivity contribution in [2.45, 2.75) is 25.5 Å². The predicted octanol–water partition coefficient (Wildman–Crippen LogP) is 3.30. The second kappa shape index (κ2) is 7.02. The number of hydrogen-bond acceptors (Lipinski definition) is 4. The number of anilines is 1. The van der Waals surface area contributed by atoms with Crippen LogP contribution in [0.15, 0.2) is 41.0 Å². The van der Waals surface area contributed by atoms with Crippen molar-refractivity contribution in [3.05, 3.63) is 51.8 Å². The molecule has 4 nitrogen and oxygen atoms in total. The third-order valence-corrected chi connectivity index (χ3v) is 3.71. The highest BCUT2D eigenvalue weighted by Crippen LogP contribution is 2.21. The molecule has 0 amide bonds. The van der Waals surface area contributed by atoms with Gasteiger partial charge in [-0.2, -0.15) is 4.98 Å². The van der Waals surface area contributed by atoms with Crippen molar-refractivity contribution in [1.29, 1.82) is 0 Å². The van der Waals surface area contributed by atoms with E-state index >= 15 is 0 Å². The molecule has 1 heterocycles. The number of nitrogens with zero attached hydrogens (tertiary/aromatic N) is 2. The summed E-state index contributed by atoms with van der Waals surface area (Å²) in [6, 6.07) is 9.69. The van der Waals surface area contributed by atoms with E-state index in [1.54, 1.807) is 6.20 Å². The number of hydrogen-bond donors (Lipinski definition) is 2. The number of benzene rings is 1. The first-order valence-electron chi connectivity index (χ1n) is 6.23. The fourth-order valence-corrected chi connectivity index (χ4v) is 2.23. The lowest BCUT2D eigenvalue weighted by atomic mass is 10.0. The fourth-order valence-electron chi connectivity index (χ4n) is 1.79. The highest BCUT2D eigenvalue weighted by molar-refractivity contribution is 9.10. The van der Waals surface area contributed by atoms with E-state index in [1.165, 1.54) is 0 Å². The van der Waals surface area contributed by atoms with Crippen LogP contribution in [0.3, 0.4) is 0 Å². The van der Waals surface area contributed by atoms with Crippen LogP contribution in [-0.4, -0.2) is 27.2 Å². The molecule has 0 saturated heterocycles. The zero-order valence-corrected chi connectivity index (χ0v) is 13.3. The molecule has 0 saturated carbocycles. The molecule has 2 atom stereocenters. The molecule has 2 unspecified atom stereocenters. The highest BCUT2D eigenvalue weighted by Gasteiger charge is 2.16. The number of aliphatic hydroxyl groups excluding tert-OH is 1. The van der Waals surface area contributed by atoms with E-state index in [-0.39, 0.29) is 11.3 Å². The van der Waals surface area contributed by atoms with Gasteiger partial charge in [0.05, 0.1) is 16.6 Å². The van der Waals surface area contributed by atoms with Gasteiger partial charge in [-0.25, -0.2) is 4.98 Å². The van der Waals surface area contributed by atoms with Gasteiger partial charge in [0.25, 0.3) is 0 Å². The van der Waals surface area contributed by atoms with Crippen LogP contribution in [0, 0.1) is 0 Å². The molecule has 0 radical (unpaired) electrons. The topological polar surface area (TPSA) is 58.0 Å². The Balaban J connectivity index is 2.00. The lowest BCUT2D eigenvalue weighted by molar-refractivity contribution is 0.158. The Hall–Kier alpha value is -1.17. The first-order valence-corrected chi connectivity index (χ1v) is 7.40. The minimum absolute atomic E-state index is 0.167. The highest BCUT2D eigenvalue weighted by atomic mass is 79.9. The zero-order chi connectivity index (χ0) is 14.5. The molecule has 0 fully saturated rings. The van der Waals surface area contributed by atoms with Crippen LogP contribution < -0.4 is 5.32 Å². The molecule has 2 rings (SSSR count). The number of aromatic nitrogens is 2. The summed E-state index contributed by atoms with van der Waals surface area (Å²) < 4.78 is 0.709. The summed E-state index contributed by atoms with van der Waals surface area (Å²) in [6.07, 6.45) is 1.62. The van der Waals surface area contributed by atoms with E-state index in [0.29, 0.717) is 16.7 Å². The molecule has 1 aromatic heterocycles. The van der Waals surface area contributed by atoms with Gasteiger partial charge in [0, 0.05) is 12.6 Å². The van der Waals surface area contributed by atoms with Crippen molar-refractivity contribution in [1.82, 2.24) is 9.97 Å². The summed E-state index contributed by atoms with van der Waals surface area (Å²) in [5, 5.41) is 13.5. The largest absolute Gasteiger partial charge is 0.391 e. The maximum Gasteiger partial charge on any atom is 0.224 e. The van der Waals surface area contributed by atoms with Crippen LogP contribution in [-0.2, 0) is 6.42 Å². The van der Waals surface area contributed by atoms with E-state index in [2.05, 4.69) is 31.2 Å². The third-order valence-electron chi connectivity index (χ3n) is 2.94. The van der Waals surface area contributed by atoms with Gasteiger partial charge in [0.2, 0.25) is 5.28 Å². The fraction of sp³-hybridized carbons (Fsp3) is 0.286. The molecular formula is C14H15BrClN3O. The van der Waals surface area contributed by atoms with Crippen molar-refractivity contribution >= 4 is 33.3 Å². The minimum atomic E-state index is -0.530. The molecule has 20 heavy (non-hydrogen) atoms. The molecule has 0 aliphatic carbocycles. The summed E-state index contributed by atoms with van der Waals surface area (Å²) in [5.74, 6) is 0.574. The van der Waals surface area contributed by atoms with Gasteiger partial charge >= 0.3 is 0 Å². The normalized spacial score (nSPS) is 13.8. The van der Waals surface area contributed by atoms with E-state index in [9.17, 15) is 5.11 Å². The van der Waals surface area contributed by atoms with Crippen LogP contribution in [0.4, 0.5) is 5.82 Å². The summed E-state index contributed by atoms with van der Waals surface area (Å²) in [4.78, 5) is 7.95. The van der Waals surface area contributed by atoms with Crippen LogP contribution in [0.2, 0.25) is 5.28 Å². The second-order valence-corrected chi connectivity index (χ2v) is 5.72. The van der Waals surface area contributed by atoms with Gasteiger partial charge in [-0.15, -0.1) is 0 Å². The third kappa shape index (κ3) is 4.16. The Morgan fingerprint density at radius 2 is 2.05 bits per heavy atom. The molecule has 0 aliphatic rings. The number of aliphatic hydroxyl groups is 1. The Morgan fingerprint density at radius 1 is 1.35 bits per heavy atom. The maximum atomic E-state index is 10.2. The number of nitrogens with one attached hydrogen (secondary N) is 1. The summed E-state index contributed by atoms with van der Waals surface area (Å²) in [7, 11) is 0. The Morgan fingerprint density at radius 3 is 2.75 bits per heavy atom. The number of rotatable bonds is 5. The second-order valence-electron chi connectivity index (χ2n) is 4.53. The van der Waals surface area contributed by atoms with Crippen LogP contribution in [0.25, 0.3) is 0 Å². The van der Waals surface area contributed by atoms with Gasteiger partial charge in [-0.05, 0) is 40.0 Å². The lowest BCUT2D eigenvalue weighted by Gasteiger charge is -2.21. The lowest BCUT2D eigenvalue weighted by Crippen LogP contribution is -2.32. The van der Waals surface area contributed by atoms with Crippen LogP contribution in [0.1, 0.15) is 12.5 Å². The van der Waals surface area contributed by atoms with E-state index in [1.807, 2.05) is 37.3 Å². The van der Waals surface area contributed by atoms with Crippen molar-refractivity contribution < 1.29 is 5.11 Å². The SMILES string of the molecule is CC(Nc1nc(Cl)ncc1Br)C(O)Cc1ccccc1. The average Bonchev–Trinajstić information content (AvgIpc) is 2.44. The smallest absolute Gasteiger partial charge is 0.224 e. The zero-order valence-electron chi connectivity index (χ0n) is 10.9. The quantitative estimate of drug-likeness (QED) is 0.807. The first kappa shape index (κ1) is 15.2. The molecule has 2 aromatic rings. The van der Waals surface area contributed by atoms with Crippen molar-refractivity contribution in [2.24, 2.45) is 0 Å². The monoisotopic (exact) mass is 355 g/mol. The average molecular weight is 357 g/mol. The van der Waals surface area contributed by atoms with Crippen molar-refractivity contribution in [3.8, 4) is 0 Å². The Labute approximate surface area is 131 Å². The summed E-state index contributed by atoms with van der Waals surface area (Å²) in [5.41, 5.74) is 1.09. The molecule has 1 aromatic carbocycles. The summed E-state index contributed by atoms with van der Waals surface area (Å²) >= 11 is 9.11. The molecular weight excluding hydrogens is 342 g/mol. The first-order chi connectivity index (χ1) is 9.56. The van der Waals surface area contributed by atoms with Gasteiger partial charge in [-0.3, -0.25) is 0 Å². The number of halogens is 2. The molecule has 0 bridgehead atoms. The molecule has 6 heteroatoms. The van der Waals surface area contributed by atoms with Gasteiger partial charge in [0.1, 0.15) is 5.82 Å². The van der Waals surface area contributed by atoms with Gasteiger partial charge in [-0.1, -0.05) is 30.3 Å².